The van der Waals surface area contributed by atoms with Crippen molar-refractivity contribution in [1.82, 2.24) is 5.32 Å². The Balaban J connectivity index is 1.93. The Bertz CT molecular complexity index is 508. The predicted octanol–water partition coefficient (Wildman–Crippen LogP) is 2.03. The molecule has 1 saturated heterocycles. The minimum Gasteiger partial charge on any atom is -0.326 e. The molecule has 1 heterocycles. The molecular weight excluding hydrogens is 254 g/mol. The van der Waals surface area contributed by atoms with Crippen molar-refractivity contribution in [2.45, 2.75) is 39.2 Å². The molecular formula is C15H21N3O2. The molecule has 1 aromatic carbocycles. The second kappa shape index (κ2) is 6.52. The van der Waals surface area contributed by atoms with Gasteiger partial charge >= 0.3 is 0 Å². The van der Waals surface area contributed by atoms with Gasteiger partial charge in [-0.1, -0.05) is 0 Å². The molecule has 0 saturated carbocycles. The molecule has 5 heteroatoms. The second-order valence-corrected chi connectivity index (χ2v) is 5.26. The first-order valence-corrected chi connectivity index (χ1v) is 6.96. The zero-order valence-corrected chi connectivity index (χ0v) is 12.0. The third-order valence-electron chi connectivity index (χ3n) is 3.42. The molecule has 1 fully saturated rings. The van der Waals surface area contributed by atoms with Crippen molar-refractivity contribution in [1.29, 1.82) is 0 Å². The molecule has 2 rings (SSSR count). The summed E-state index contributed by atoms with van der Waals surface area (Å²) < 4.78 is 0. The first-order valence-electron chi connectivity index (χ1n) is 6.96. The quantitative estimate of drug-likeness (QED) is 0.787. The van der Waals surface area contributed by atoms with Gasteiger partial charge < -0.3 is 16.0 Å². The zero-order valence-electron chi connectivity index (χ0n) is 12.0. The van der Waals surface area contributed by atoms with Gasteiger partial charge in [0, 0.05) is 30.8 Å². The number of hydrogen-bond donors (Lipinski definition) is 3. The van der Waals surface area contributed by atoms with Crippen LogP contribution in [-0.4, -0.2) is 24.4 Å². The normalized spacial score (nSPS) is 17.8. The summed E-state index contributed by atoms with van der Waals surface area (Å²) in [4.78, 5) is 23.0. The third-order valence-corrected chi connectivity index (χ3v) is 3.42. The molecule has 1 aliphatic rings. The lowest BCUT2D eigenvalue weighted by Gasteiger charge is -2.12. The Hall–Kier alpha value is -1.88. The average Bonchev–Trinajstić information content (AvgIpc) is 2.85. The molecule has 0 bridgehead atoms. The first-order chi connectivity index (χ1) is 9.54. The van der Waals surface area contributed by atoms with Crippen LogP contribution in [0, 0.1) is 6.92 Å². The van der Waals surface area contributed by atoms with Gasteiger partial charge in [-0.3, -0.25) is 9.59 Å². The fraction of sp³-hybridized carbons (Fsp3) is 0.467. The molecule has 0 aliphatic carbocycles. The monoisotopic (exact) mass is 275 g/mol. The summed E-state index contributed by atoms with van der Waals surface area (Å²) in [6, 6.07) is 5.78. The Morgan fingerprint density at radius 1 is 1.35 bits per heavy atom. The second-order valence-electron chi connectivity index (χ2n) is 5.26. The van der Waals surface area contributed by atoms with Gasteiger partial charge in [0.15, 0.2) is 0 Å². The van der Waals surface area contributed by atoms with E-state index in [1.54, 1.807) is 12.1 Å². The molecule has 0 spiro atoms. The smallest absolute Gasteiger partial charge is 0.225 e. The largest absolute Gasteiger partial charge is 0.326 e. The van der Waals surface area contributed by atoms with Gasteiger partial charge in [-0.25, -0.2) is 0 Å². The first kappa shape index (κ1) is 14.5. The minimum atomic E-state index is -0.0998. The van der Waals surface area contributed by atoms with Gasteiger partial charge in [-0.2, -0.15) is 0 Å². The number of anilines is 2. The van der Waals surface area contributed by atoms with Crippen LogP contribution in [0.1, 0.15) is 31.7 Å². The van der Waals surface area contributed by atoms with Crippen molar-refractivity contribution in [3.8, 4) is 0 Å². The van der Waals surface area contributed by atoms with Crippen molar-refractivity contribution in [3.05, 3.63) is 23.8 Å². The molecule has 0 radical (unpaired) electrons. The maximum absolute atomic E-state index is 11.9. The molecule has 0 aromatic heterocycles. The van der Waals surface area contributed by atoms with Gasteiger partial charge in [0.1, 0.15) is 0 Å². The minimum absolute atomic E-state index is 0.0241. The highest BCUT2D eigenvalue weighted by Gasteiger charge is 2.17. The Kier molecular flexibility index (Phi) is 4.74. The summed E-state index contributed by atoms with van der Waals surface area (Å²) in [5, 5.41) is 8.96. The van der Waals surface area contributed by atoms with Crippen LogP contribution in [-0.2, 0) is 9.59 Å². The Morgan fingerprint density at radius 3 is 2.75 bits per heavy atom. The molecule has 108 valence electrons. The number of carbonyl (C=O) groups is 2. The molecule has 20 heavy (non-hydrogen) atoms. The number of benzene rings is 1. The summed E-state index contributed by atoms with van der Waals surface area (Å²) in [6.07, 6.45) is 2.71. The number of carbonyl (C=O) groups excluding carboxylic acids is 2. The van der Waals surface area contributed by atoms with E-state index in [1.165, 1.54) is 6.92 Å². The molecule has 2 amide bonds. The van der Waals surface area contributed by atoms with Crippen LogP contribution in [0.3, 0.4) is 0 Å². The molecule has 1 aromatic rings. The fourth-order valence-electron chi connectivity index (χ4n) is 2.44. The van der Waals surface area contributed by atoms with Crippen LogP contribution in [0.2, 0.25) is 0 Å². The van der Waals surface area contributed by atoms with Crippen molar-refractivity contribution in [2.24, 2.45) is 0 Å². The summed E-state index contributed by atoms with van der Waals surface area (Å²) in [6.45, 7) is 4.38. The van der Waals surface area contributed by atoms with Crippen LogP contribution in [0.25, 0.3) is 0 Å². The number of amides is 2. The van der Waals surface area contributed by atoms with Crippen LogP contribution >= 0.6 is 0 Å². The number of nitrogens with one attached hydrogen (secondary N) is 3. The van der Waals surface area contributed by atoms with Crippen LogP contribution < -0.4 is 16.0 Å². The van der Waals surface area contributed by atoms with Gasteiger partial charge in [-0.05, 0) is 50.1 Å². The van der Waals surface area contributed by atoms with Crippen molar-refractivity contribution in [2.75, 3.05) is 17.2 Å². The number of hydrogen-bond acceptors (Lipinski definition) is 3. The molecule has 1 atom stereocenters. The Morgan fingerprint density at radius 2 is 2.15 bits per heavy atom. The standard InChI is InChI=1S/C15H21N3O2/c1-10-8-13(5-6-14(10)17-11(2)19)18-15(20)9-12-4-3-7-16-12/h5-6,8,12,16H,3-4,7,9H2,1-2H3,(H,17,19)(H,18,20). The highest BCUT2D eigenvalue weighted by molar-refractivity contribution is 5.93. The zero-order chi connectivity index (χ0) is 14.5. The van der Waals surface area contributed by atoms with E-state index < -0.39 is 0 Å². The number of rotatable bonds is 4. The topological polar surface area (TPSA) is 70.2 Å². The van der Waals surface area contributed by atoms with Gasteiger partial charge in [0.25, 0.3) is 0 Å². The van der Waals surface area contributed by atoms with E-state index in [-0.39, 0.29) is 11.8 Å². The van der Waals surface area contributed by atoms with E-state index in [1.807, 2.05) is 13.0 Å². The van der Waals surface area contributed by atoms with Crippen molar-refractivity contribution < 1.29 is 9.59 Å². The van der Waals surface area contributed by atoms with Crippen molar-refractivity contribution in [3.63, 3.8) is 0 Å². The molecule has 1 aliphatic heterocycles. The summed E-state index contributed by atoms with van der Waals surface area (Å²) in [7, 11) is 0. The lowest BCUT2D eigenvalue weighted by molar-refractivity contribution is -0.116. The summed E-state index contributed by atoms with van der Waals surface area (Å²) in [5.74, 6) is -0.0757. The van der Waals surface area contributed by atoms with E-state index in [9.17, 15) is 9.59 Å². The maximum Gasteiger partial charge on any atom is 0.225 e. The van der Waals surface area contributed by atoms with Crippen LogP contribution in [0.4, 0.5) is 11.4 Å². The lowest BCUT2D eigenvalue weighted by Crippen LogP contribution is -2.27. The fourth-order valence-corrected chi connectivity index (χ4v) is 2.44. The highest BCUT2D eigenvalue weighted by Crippen LogP contribution is 2.20. The van der Waals surface area contributed by atoms with E-state index in [0.717, 1.165) is 36.3 Å². The predicted molar refractivity (Wildman–Crippen MR) is 79.8 cm³/mol. The van der Waals surface area contributed by atoms with E-state index in [0.29, 0.717) is 12.5 Å². The SMILES string of the molecule is CC(=O)Nc1ccc(NC(=O)CC2CCCN2)cc1C. The Labute approximate surface area is 119 Å². The van der Waals surface area contributed by atoms with E-state index in [2.05, 4.69) is 16.0 Å². The summed E-state index contributed by atoms with van der Waals surface area (Å²) in [5.41, 5.74) is 2.46. The third kappa shape index (κ3) is 4.06. The molecule has 1 unspecified atom stereocenters. The molecule has 3 N–H and O–H groups in total. The highest BCUT2D eigenvalue weighted by atomic mass is 16.2. The average molecular weight is 275 g/mol. The van der Waals surface area contributed by atoms with E-state index in [4.69, 9.17) is 0 Å². The van der Waals surface area contributed by atoms with Crippen LogP contribution in [0.5, 0.6) is 0 Å². The van der Waals surface area contributed by atoms with Gasteiger partial charge in [-0.15, -0.1) is 0 Å². The van der Waals surface area contributed by atoms with Gasteiger partial charge in [0.05, 0.1) is 0 Å². The molecule has 5 nitrogen and oxygen atoms in total. The maximum atomic E-state index is 11.9. The summed E-state index contributed by atoms with van der Waals surface area (Å²) >= 11 is 0. The number of aryl methyl sites for hydroxylation is 1. The van der Waals surface area contributed by atoms with E-state index >= 15 is 0 Å². The lowest BCUT2D eigenvalue weighted by atomic mass is 10.1. The van der Waals surface area contributed by atoms with Gasteiger partial charge in [0.2, 0.25) is 11.8 Å². The van der Waals surface area contributed by atoms with Crippen molar-refractivity contribution >= 4 is 23.2 Å². The van der Waals surface area contributed by atoms with Crippen LogP contribution in [0.15, 0.2) is 18.2 Å².